The molecule has 0 aromatic heterocycles. The van der Waals surface area contributed by atoms with Crippen molar-refractivity contribution in [2.75, 3.05) is 20.2 Å². The first-order valence-corrected chi connectivity index (χ1v) is 5.82. The molecule has 1 saturated heterocycles. The van der Waals surface area contributed by atoms with E-state index >= 15 is 0 Å². The van der Waals surface area contributed by atoms with Crippen molar-refractivity contribution in [1.82, 2.24) is 4.90 Å². The molecule has 6 heteroatoms. The molecule has 1 fully saturated rings. The number of hydrogen-bond donors (Lipinski definition) is 0. The van der Waals surface area contributed by atoms with Gasteiger partial charge in [-0.15, -0.1) is 0 Å². The summed E-state index contributed by atoms with van der Waals surface area (Å²) in [4.78, 5) is 13.3. The smallest absolute Gasteiger partial charge is 0.389 e. The number of piperidine rings is 1. The molecule has 0 aliphatic carbocycles. The number of carbonyl (C=O) groups excluding carboxylic acids is 1. The third kappa shape index (κ3) is 4.93. The van der Waals surface area contributed by atoms with Crippen molar-refractivity contribution in [2.45, 2.75) is 44.3 Å². The van der Waals surface area contributed by atoms with E-state index in [1.165, 1.54) is 7.11 Å². The number of halogens is 3. The van der Waals surface area contributed by atoms with Crippen LogP contribution in [0.5, 0.6) is 0 Å². The van der Waals surface area contributed by atoms with Gasteiger partial charge >= 0.3 is 12.1 Å². The van der Waals surface area contributed by atoms with Crippen LogP contribution >= 0.6 is 0 Å². The van der Waals surface area contributed by atoms with Crippen LogP contribution in [0.25, 0.3) is 0 Å². The number of rotatable bonds is 4. The van der Waals surface area contributed by atoms with E-state index in [4.69, 9.17) is 0 Å². The van der Waals surface area contributed by atoms with Crippen LogP contribution in [0.4, 0.5) is 13.2 Å². The number of hydrogen-bond acceptors (Lipinski definition) is 3. The molecule has 0 aromatic carbocycles. The largest absolute Gasteiger partial charge is 0.468 e. The van der Waals surface area contributed by atoms with E-state index < -0.39 is 12.6 Å². The Labute approximate surface area is 98.9 Å². The lowest BCUT2D eigenvalue weighted by atomic mass is 10.0. The number of nitrogens with zero attached hydrogens (tertiary/aromatic N) is 1. The second kappa shape index (κ2) is 6.23. The van der Waals surface area contributed by atoms with Crippen LogP contribution in [0.3, 0.4) is 0 Å². The SMILES string of the molecule is COC(=O)C1CCCCN1CCCC(F)(F)F. The van der Waals surface area contributed by atoms with Crippen LogP contribution in [0.1, 0.15) is 32.1 Å². The lowest BCUT2D eigenvalue weighted by molar-refractivity contribution is -0.149. The standard InChI is InChI=1S/C11H18F3NO2/c1-17-10(16)9-5-2-3-7-15(9)8-4-6-11(12,13)14/h9H,2-8H2,1H3. The van der Waals surface area contributed by atoms with Gasteiger partial charge in [-0.1, -0.05) is 6.42 Å². The van der Waals surface area contributed by atoms with Crippen LogP contribution in [0.15, 0.2) is 0 Å². The molecule has 1 heterocycles. The van der Waals surface area contributed by atoms with Gasteiger partial charge in [-0.05, 0) is 32.4 Å². The number of carbonyl (C=O) groups is 1. The van der Waals surface area contributed by atoms with Crippen molar-refractivity contribution in [1.29, 1.82) is 0 Å². The number of esters is 1. The maximum Gasteiger partial charge on any atom is 0.389 e. The van der Waals surface area contributed by atoms with Crippen molar-refractivity contribution in [3.63, 3.8) is 0 Å². The first-order valence-electron chi connectivity index (χ1n) is 5.82. The predicted molar refractivity (Wildman–Crippen MR) is 56.5 cm³/mol. The Bertz CT molecular complexity index is 256. The highest BCUT2D eigenvalue weighted by Crippen LogP contribution is 2.23. The number of methoxy groups -OCH3 is 1. The Kier molecular flexibility index (Phi) is 5.24. The summed E-state index contributed by atoms with van der Waals surface area (Å²) in [5.41, 5.74) is 0. The van der Waals surface area contributed by atoms with E-state index in [-0.39, 0.29) is 18.4 Å². The Morgan fingerprint density at radius 1 is 1.41 bits per heavy atom. The van der Waals surface area contributed by atoms with Gasteiger partial charge in [0.15, 0.2) is 0 Å². The highest BCUT2D eigenvalue weighted by molar-refractivity contribution is 5.75. The molecule has 0 spiro atoms. The molecule has 0 aromatic rings. The van der Waals surface area contributed by atoms with Crippen LogP contribution < -0.4 is 0 Å². The molecular formula is C11H18F3NO2. The molecule has 1 rings (SSSR count). The van der Waals surface area contributed by atoms with Crippen LogP contribution in [-0.2, 0) is 9.53 Å². The summed E-state index contributed by atoms with van der Waals surface area (Å²) in [5.74, 6) is -0.336. The molecule has 1 atom stereocenters. The number of ether oxygens (including phenoxy) is 1. The number of likely N-dealkylation sites (tertiary alicyclic amines) is 1. The van der Waals surface area contributed by atoms with Gasteiger partial charge in [0.25, 0.3) is 0 Å². The number of alkyl halides is 3. The van der Waals surface area contributed by atoms with Crippen LogP contribution in [0, 0.1) is 0 Å². The fourth-order valence-corrected chi connectivity index (χ4v) is 2.14. The molecule has 0 saturated carbocycles. The van der Waals surface area contributed by atoms with Crippen molar-refractivity contribution in [2.24, 2.45) is 0 Å². The van der Waals surface area contributed by atoms with Gasteiger partial charge in [0.05, 0.1) is 7.11 Å². The first kappa shape index (κ1) is 14.3. The van der Waals surface area contributed by atoms with Gasteiger partial charge in [-0.3, -0.25) is 9.69 Å². The average molecular weight is 253 g/mol. The monoisotopic (exact) mass is 253 g/mol. The Hall–Kier alpha value is -0.780. The van der Waals surface area contributed by atoms with E-state index in [0.717, 1.165) is 12.8 Å². The third-order valence-electron chi connectivity index (χ3n) is 2.99. The molecule has 0 N–H and O–H groups in total. The molecule has 17 heavy (non-hydrogen) atoms. The zero-order valence-corrected chi connectivity index (χ0v) is 9.92. The first-order chi connectivity index (χ1) is 7.94. The maximum absolute atomic E-state index is 12.0. The molecule has 1 unspecified atom stereocenters. The molecule has 1 aliphatic heterocycles. The second-order valence-electron chi connectivity index (χ2n) is 4.29. The molecule has 0 radical (unpaired) electrons. The predicted octanol–water partition coefficient (Wildman–Crippen LogP) is 2.36. The second-order valence-corrected chi connectivity index (χ2v) is 4.29. The molecule has 0 bridgehead atoms. The summed E-state index contributed by atoms with van der Waals surface area (Å²) in [7, 11) is 1.31. The van der Waals surface area contributed by atoms with Crippen molar-refractivity contribution >= 4 is 5.97 Å². The van der Waals surface area contributed by atoms with Gasteiger partial charge in [0.1, 0.15) is 6.04 Å². The van der Waals surface area contributed by atoms with Crippen LogP contribution in [0.2, 0.25) is 0 Å². The fraction of sp³-hybridized carbons (Fsp3) is 0.909. The van der Waals surface area contributed by atoms with E-state index in [2.05, 4.69) is 4.74 Å². The Morgan fingerprint density at radius 2 is 2.12 bits per heavy atom. The maximum atomic E-state index is 12.0. The lowest BCUT2D eigenvalue weighted by Crippen LogP contribution is -2.45. The van der Waals surface area contributed by atoms with Gasteiger partial charge in [-0.2, -0.15) is 13.2 Å². The summed E-state index contributed by atoms with van der Waals surface area (Å²) < 4.78 is 40.7. The minimum atomic E-state index is -4.11. The van der Waals surface area contributed by atoms with Gasteiger partial charge in [0.2, 0.25) is 0 Å². The Balaban J connectivity index is 2.40. The quantitative estimate of drug-likeness (QED) is 0.720. The highest BCUT2D eigenvalue weighted by atomic mass is 19.4. The molecular weight excluding hydrogens is 235 g/mol. The summed E-state index contributed by atoms with van der Waals surface area (Å²) in [6.07, 6.45) is -2.33. The fourth-order valence-electron chi connectivity index (χ4n) is 2.14. The summed E-state index contributed by atoms with van der Waals surface area (Å²) in [6, 6.07) is -0.359. The lowest BCUT2D eigenvalue weighted by Gasteiger charge is -2.33. The molecule has 100 valence electrons. The summed E-state index contributed by atoms with van der Waals surface area (Å²) >= 11 is 0. The van der Waals surface area contributed by atoms with Crippen LogP contribution in [-0.4, -0.2) is 43.3 Å². The zero-order chi connectivity index (χ0) is 12.9. The zero-order valence-electron chi connectivity index (χ0n) is 9.92. The van der Waals surface area contributed by atoms with Crippen molar-refractivity contribution in [3.05, 3.63) is 0 Å². The topological polar surface area (TPSA) is 29.5 Å². The van der Waals surface area contributed by atoms with Crippen molar-refractivity contribution in [3.8, 4) is 0 Å². The van der Waals surface area contributed by atoms with Crippen molar-refractivity contribution < 1.29 is 22.7 Å². The average Bonchev–Trinajstić information content (AvgIpc) is 2.27. The molecule has 0 amide bonds. The molecule has 3 nitrogen and oxygen atoms in total. The normalized spacial score (nSPS) is 22.5. The van der Waals surface area contributed by atoms with Gasteiger partial charge in [-0.25, -0.2) is 0 Å². The highest BCUT2D eigenvalue weighted by Gasteiger charge is 2.31. The van der Waals surface area contributed by atoms with Gasteiger partial charge < -0.3 is 4.74 Å². The molecule has 1 aliphatic rings. The van der Waals surface area contributed by atoms with Gasteiger partial charge in [0, 0.05) is 6.42 Å². The minimum Gasteiger partial charge on any atom is -0.468 e. The van der Waals surface area contributed by atoms with E-state index in [0.29, 0.717) is 19.5 Å². The Morgan fingerprint density at radius 3 is 2.71 bits per heavy atom. The van der Waals surface area contributed by atoms with E-state index in [1.807, 2.05) is 0 Å². The third-order valence-corrected chi connectivity index (χ3v) is 2.99. The summed E-state index contributed by atoms with van der Waals surface area (Å²) in [5, 5.41) is 0. The minimum absolute atomic E-state index is 0.0387. The van der Waals surface area contributed by atoms with E-state index in [1.54, 1.807) is 4.90 Å². The van der Waals surface area contributed by atoms with E-state index in [9.17, 15) is 18.0 Å². The summed E-state index contributed by atoms with van der Waals surface area (Å²) in [6.45, 7) is 0.983.